The predicted octanol–water partition coefficient (Wildman–Crippen LogP) is 1.24. The summed E-state index contributed by atoms with van der Waals surface area (Å²) in [6.45, 7) is 6.77. The van der Waals surface area contributed by atoms with E-state index in [2.05, 4.69) is 19.6 Å². The van der Waals surface area contributed by atoms with Gasteiger partial charge in [-0.15, -0.1) is 12.4 Å². The zero-order valence-electron chi connectivity index (χ0n) is 5.19. The van der Waals surface area contributed by atoms with Gasteiger partial charge in [0.2, 0.25) is 0 Å². The van der Waals surface area contributed by atoms with Crippen molar-refractivity contribution in [3.05, 3.63) is 0 Å². The van der Waals surface area contributed by atoms with Gasteiger partial charge in [0.15, 0.2) is 0 Å². The van der Waals surface area contributed by atoms with Gasteiger partial charge in [0, 0.05) is 0 Å². The molecule has 0 unspecified atom stereocenters. The normalized spacial score (nSPS) is 10.3. The summed E-state index contributed by atoms with van der Waals surface area (Å²) in [5.74, 6) is 0. The Hall–Kier alpha value is 0.467. The van der Waals surface area contributed by atoms with E-state index in [1.807, 2.05) is 0 Å². The predicted molar refractivity (Wildman–Crippen MR) is 39.6 cm³/mol. The molecular formula is C4H14ClNSi. The molecule has 0 rings (SSSR count). The smallest absolute Gasteiger partial charge is 0.0592 e. The van der Waals surface area contributed by atoms with Crippen molar-refractivity contribution >= 4 is 20.5 Å². The Morgan fingerprint density at radius 3 is 1.43 bits per heavy atom. The molecule has 0 aromatic carbocycles. The number of nitrogens with two attached hydrogens (primary N) is 1. The highest BCUT2D eigenvalue weighted by molar-refractivity contribution is 6.76. The highest BCUT2D eigenvalue weighted by Crippen LogP contribution is 1.93. The van der Waals surface area contributed by atoms with E-state index >= 15 is 0 Å². The molecule has 2 N–H and O–H groups in total. The van der Waals surface area contributed by atoms with E-state index in [1.54, 1.807) is 0 Å². The fraction of sp³-hybridized carbons (Fsp3) is 1.00. The van der Waals surface area contributed by atoms with Gasteiger partial charge in [0.1, 0.15) is 0 Å². The molecule has 7 heavy (non-hydrogen) atoms. The third-order valence-corrected chi connectivity index (χ3v) is 1.84. The summed E-state index contributed by atoms with van der Waals surface area (Å²) in [5, 5.41) is 0. The second kappa shape index (κ2) is 3.47. The molecule has 0 aliphatic carbocycles. The summed E-state index contributed by atoms with van der Waals surface area (Å²) < 4.78 is 0. The summed E-state index contributed by atoms with van der Waals surface area (Å²) >= 11 is 0. The molecular weight excluding hydrogens is 126 g/mol. The van der Waals surface area contributed by atoms with Crippen molar-refractivity contribution in [3.63, 3.8) is 0 Å². The van der Waals surface area contributed by atoms with Crippen LogP contribution < -0.4 is 5.73 Å². The minimum atomic E-state index is -0.853. The lowest BCUT2D eigenvalue weighted by molar-refractivity contribution is 1.29. The maximum absolute atomic E-state index is 5.37. The second-order valence-electron chi connectivity index (χ2n) is 2.76. The highest BCUT2D eigenvalue weighted by atomic mass is 35.5. The first-order valence-corrected chi connectivity index (χ1v) is 5.97. The number of hydrogen-bond donors (Lipinski definition) is 1. The first kappa shape index (κ1) is 10.4. The Morgan fingerprint density at radius 2 is 1.43 bits per heavy atom. The maximum atomic E-state index is 5.37. The van der Waals surface area contributed by atoms with Crippen molar-refractivity contribution in [1.29, 1.82) is 0 Å². The van der Waals surface area contributed by atoms with E-state index < -0.39 is 8.07 Å². The van der Waals surface area contributed by atoms with Crippen molar-refractivity contribution < 1.29 is 0 Å². The third-order valence-electron chi connectivity index (χ3n) is 0.612. The monoisotopic (exact) mass is 139 g/mol. The zero-order chi connectivity index (χ0) is 5.21. The topological polar surface area (TPSA) is 26.0 Å². The SMILES string of the molecule is C[Si](C)(C)CN.Cl. The number of rotatable bonds is 1. The molecule has 3 heteroatoms. The Labute approximate surface area is 52.7 Å². The number of hydrogen-bond acceptors (Lipinski definition) is 1. The number of halogens is 1. The molecule has 0 aromatic rings. The largest absolute Gasteiger partial charge is 0.333 e. The van der Waals surface area contributed by atoms with Crippen LogP contribution in [0.5, 0.6) is 0 Å². The van der Waals surface area contributed by atoms with Crippen LogP contribution in [0.2, 0.25) is 19.6 Å². The quantitative estimate of drug-likeness (QED) is 0.544. The molecule has 0 atom stereocenters. The van der Waals surface area contributed by atoms with E-state index in [1.165, 1.54) is 0 Å². The van der Waals surface area contributed by atoms with Gasteiger partial charge in [0.05, 0.1) is 8.07 Å². The van der Waals surface area contributed by atoms with E-state index in [0.29, 0.717) is 0 Å². The summed E-state index contributed by atoms with van der Waals surface area (Å²) in [5.41, 5.74) is 5.37. The van der Waals surface area contributed by atoms with Crippen LogP contribution in [0.4, 0.5) is 0 Å². The van der Waals surface area contributed by atoms with Crippen LogP contribution in [0.3, 0.4) is 0 Å². The zero-order valence-corrected chi connectivity index (χ0v) is 7.01. The fourth-order valence-corrected chi connectivity index (χ4v) is 0. The van der Waals surface area contributed by atoms with Crippen molar-refractivity contribution in [2.45, 2.75) is 19.6 Å². The van der Waals surface area contributed by atoms with Crippen molar-refractivity contribution in [2.24, 2.45) is 5.73 Å². The third kappa shape index (κ3) is 10.7. The first-order chi connectivity index (χ1) is 2.56. The van der Waals surface area contributed by atoms with Crippen LogP contribution in [0.1, 0.15) is 0 Å². The van der Waals surface area contributed by atoms with Crippen LogP contribution in [-0.2, 0) is 0 Å². The van der Waals surface area contributed by atoms with E-state index in [4.69, 9.17) is 5.73 Å². The van der Waals surface area contributed by atoms with Crippen LogP contribution >= 0.6 is 12.4 Å². The van der Waals surface area contributed by atoms with Crippen LogP contribution in [0, 0.1) is 0 Å². The molecule has 1 nitrogen and oxygen atoms in total. The second-order valence-corrected chi connectivity index (χ2v) is 8.29. The van der Waals surface area contributed by atoms with E-state index in [-0.39, 0.29) is 12.4 Å². The molecule has 0 aliphatic heterocycles. The molecule has 0 aromatic heterocycles. The Morgan fingerprint density at radius 1 is 1.29 bits per heavy atom. The maximum Gasteiger partial charge on any atom is 0.0592 e. The molecule has 0 radical (unpaired) electrons. The Kier molecular flexibility index (Phi) is 5.17. The van der Waals surface area contributed by atoms with Crippen molar-refractivity contribution in [1.82, 2.24) is 0 Å². The lowest BCUT2D eigenvalue weighted by Crippen LogP contribution is -2.31. The highest BCUT2D eigenvalue weighted by Gasteiger charge is 2.07. The lowest BCUT2D eigenvalue weighted by atomic mass is 11.5. The average molecular weight is 140 g/mol. The van der Waals surface area contributed by atoms with E-state index in [0.717, 1.165) is 6.17 Å². The van der Waals surface area contributed by atoms with E-state index in [9.17, 15) is 0 Å². The molecule has 0 saturated heterocycles. The van der Waals surface area contributed by atoms with Gasteiger partial charge in [-0.3, -0.25) is 0 Å². The molecule has 0 fully saturated rings. The molecule has 0 spiro atoms. The summed E-state index contributed by atoms with van der Waals surface area (Å²) in [4.78, 5) is 0. The van der Waals surface area contributed by atoms with Gasteiger partial charge in [-0.05, 0) is 6.17 Å². The average Bonchev–Trinajstić information content (AvgIpc) is 1.35. The summed E-state index contributed by atoms with van der Waals surface area (Å²) in [6.07, 6.45) is 0.910. The van der Waals surface area contributed by atoms with Crippen molar-refractivity contribution in [3.8, 4) is 0 Å². The molecule has 0 bridgehead atoms. The first-order valence-electron chi connectivity index (χ1n) is 2.26. The van der Waals surface area contributed by atoms with Gasteiger partial charge in [-0.25, -0.2) is 0 Å². The molecule has 0 heterocycles. The molecule has 46 valence electrons. The minimum Gasteiger partial charge on any atom is -0.333 e. The van der Waals surface area contributed by atoms with Crippen LogP contribution in [-0.4, -0.2) is 14.2 Å². The standard InChI is InChI=1S/C4H13NSi.ClH/c1-6(2,3)4-5;/h4-5H2,1-3H3;1H. The van der Waals surface area contributed by atoms with Gasteiger partial charge in [-0.2, -0.15) is 0 Å². The van der Waals surface area contributed by atoms with Gasteiger partial charge >= 0.3 is 0 Å². The Balaban J connectivity index is 0. The van der Waals surface area contributed by atoms with Gasteiger partial charge < -0.3 is 5.73 Å². The Bertz CT molecular complexity index is 41.4. The molecule has 0 saturated carbocycles. The minimum absolute atomic E-state index is 0. The fourth-order valence-electron chi connectivity index (χ4n) is 0. The van der Waals surface area contributed by atoms with Gasteiger partial charge in [0.25, 0.3) is 0 Å². The van der Waals surface area contributed by atoms with Crippen LogP contribution in [0.25, 0.3) is 0 Å². The van der Waals surface area contributed by atoms with Crippen LogP contribution in [0.15, 0.2) is 0 Å². The molecule has 0 amide bonds. The van der Waals surface area contributed by atoms with Gasteiger partial charge in [-0.1, -0.05) is 19.6 Å². The lowest BCUT2D eigenvalue weighted by Gasteiger charge is -2.09. The van der Waals surface area contributed by atoms with Crippen molar-refractivity contribution in [2.75, 3.05) is 6.17 Å². The molecule has 0 aliphatic rings. The summed E-state index contributed by atoms with van der Waals surface area (Å²) in [7, 11) is -0.853. The summed E-state index contributed by atoms with van der Waals surface area (Å²) in [6, 6.07) is 0.